The van der Waals surface area contributed by atoms with Gasteiger partial charge >= 0.3 is 164 Å². The summed E-state index contributed by atoms with van der Waals surface area (Å²) < 4.78 is 0.205. The molecular formula is C24H25Cl3Ti. The number of hydrogen-bond donors (Lipinski definition) is 0. The zero-order valence-electron chi connectivity index (χ0n) is 16.3. The average molecular weight is 468 g/mol. The van der Waals surface area contributed by atoms with Gasteiger partial charge in [0.1, 0.15) is 0 Å². The minimum absolute atomic E-state index is 0. The van der Waals surface area contributed by atoms with E-state index < -0.39 is 0 Å². The number of hydrogen-bond acceptors (Lipinski definition) is 0. The molecule has 2 atom stereocenters. The maximum atomic E-state index is 2.51. The molecular weight excluding hydrogens is 442 g/mol. The van der Waals surface area contributed by atoms with Crippen molar-refractivity contribution in [2.24, 2.45) is 5.92 Å². The molecule has 146 valence electrons. The molecule has 0 heterocycles. The quantitative estimate of drug-likeness (QED) is 0.436. The molecule has 2 aliphatic rings. The van der Waals surface area contributed by atoms with Crippen LogP contribution < -0.4 is 37.2 Å². The standard InChI is InChI=1S/C24H25.3ClH.Ti/c1-17-7-5-10-20(15-17)24(21-11-6-8-18(2)16-21)23-14-13-19-9-3-4-12-22(19)23;;;;/h3-8,10-12,15-16,19,24H,9,13-14H2,1-2H3;3*1H;/q;;;;+3/p-3. The largest absolute Gasteiger partial charge is 1.00 e. The van der Waals surface area contributed by atoms with E-state index in [0.717, 1.165) is 5.92 Å². The molecule has 0 spiro atoms. The minimum Gasteiger partial charge on any atom is -1.00 e. The van der Waals surface area contributed by atoms with Crippen LogP contribution in [0, 0.1) is 19.8 Å². The maximum absolute atomic E-state index is 2.51. The van der Waals surface area contributed by atoms with Crippen LogP contribution in [-0.2, 0) is 20.4 Å². The van der Waals surface area contributed by atoms with E-state index in [-0.39, 0.29) is 40.9 Å². The third-order valence-corrected chi connectivity index (χ3v) is 7.21. The molecule has 28 heavy (non-hydrogen) atoms. The zero-order chi connectivity index (χ0) is 17.4. The van der Waals surface area contributed by atoms with Gasteiger partial charge in [-0.15, -0.1) is 0 Å². The van der Waals surface area contributed by atoms with Gasteiger partial charge in [-0.25, -0.2) is 0 Å². The molecule has 0 radical (unpaired) electrons. The van der Waals surface area contributed by atoms with Gasteiger partial charge in [-0.05, 0) is 0 Å². The normalized spacial score (nSPS) is 22.5. The topological polar surface area (TPSA) is 0 Å². The molecule has 0 saturated heterocycles. The second kappa shape index (κ2) is 10.5. The maximum Gasteiger partial charge on any atom is -1.00 e. The number of fused-ring (bicyclic) bond motifs is 1. The van der Waals surface area contributed by atoms with Gasteiger partial charge in [0.05, 0.1) is 0 Å². The molecule has 4 rings (SSSR count). The number of allylic oxidation sites excluding steroid dienone is 4. The predicted molar refractivity (Wildman–Crippen MR) is 101 cm³/mol. The summed E-state index contributed by atoms with van der Waals surface area (Å²) in [5.41, 5.74) is 7.30. The number of benzene rings is 2. The first-order valence-corrected chi connectivity index (χ1v) is 10.1. The Morgan fingerprint density at radius 3 is 2.04 bits per heavy atom. The van der Waals surface area contributed by atoms with Crippen LogP contribution in [-0.4, -0.2) is 0 Å². The molecule has 4 heteroatoms. The molecule has 0 amide bonds. The van der Waals surface area contributed by atoms with Crippen LogP contribution in [0.3, 0.4) is 0 Å². The first kappa shape index (κ1) is 25.5. The van der Waals surface area contributed by atoms with Gasteiger partial charge in [0.15, 0.2) is 0 Å². The van der Waals surface area contributed by atoms with E-state index in [1.54, 1.807) is 5.57 Å². The summed E-state index contributed by atoms with van der Waals surface area (Å²) in [5.74, 6) is 1.17. The molecule has 0 N–H and O–H groups in total. The summed E-state index contributed by atoms with van der Waals surface area (Å²) in [6.07, 6.45) is 10.8. The molecule has 0 aliphatic heterocycles. The van der Waals surface area contributed by atoms with Gasteiger partial charge < -0.3 is 37.2 Å². The van der Waals surface area contributed by atoms with E-state index in [2.05, 4.69) is 101 Å². The summed E-state index contributed by atoms with van der Waals surface area (Å²) in [6.45, 7) is 4.42. The fourth-order valence-corrected chi connectivity index (χ4v) is 5.98. The van der Waals surface area contributed by atoms with Gasteiger partial charge in [0.25, 0.3) is 0 Å². The van der Waals surface area contributed by atoms with Crippen molar-refractivity contribution in [3.63, 3.8) is 0 Å². The molecule has 2 aromatic carbocycles. The predicted octanol–water partition coefficient (Wildman–Crippen LogP) is -2.55. The number of rotatable bonds is 3. The van der Waals surface area contributed by atoms with Crippen LogP contribution in [0.15, 0.2) is 72.3 Å². The third kappa shape index (κ3) is 4.80. The Hall–Kier alpha value is -0.496. The summed E-state index contributed by atoms with van der Waals surface area (Å²) in [5, 5.41) is 0. The van der Waals surface area contributed by atoms with Gasteiger partial charge in [-0.3, -0.25) is 0 Å². The van der Waals surface area contributed by atoms with Gasteiger partial charge in [-0.1, -0.05) is 0 Å². The van der Waals surface area contributed by atoms with Gasteiger partial charge in [0.2, 0.25) is 0 Å². The van der Waals surface area contributed by atoms with E-state index >= 15 is 0 Å². The molecule has 1 saturated carbocycles. The average Bonchev–Trinajstić information content (AvgIpc) is 2.93. The molecule has 2 aliphatic carbocycles. The van der Waals surface area contributed by atoms with Crippen LogP contribution in [0.2, 0.25) is 3.72 Å². The monoisotopic (exact) mass is 466 g/mol. The Bertz CT molecular complexity index is 813. The number of halogens is 3. The van der Waals surface area contributed by atoms with Crippen LogP contribution in [0.4, 0.5) is 0 Å². The van der Waals surface area contributed by atoms with E-state index in [1.165, 1.54) is 41.5 Å². The first-order valence-electron chi connectivity index (χ1n) is 9.33. The fourth-order valence-electron chi connectivity index (χ4n) is 4.78. The van der Waals surface area contributed by atoms with Gasteiger partial charge in [-0.2, -0.15) is 0 Å². The Morgan fingerprint density at radius 2 is 1.50 bits per heavy atom. The van der Waals surface area contributed by atoms with Crippen molar-refractivity contribution in [3.05, 3.63) is 94.6 Å². The summed E-state index contributed by atoms with van der Waals surface area (Å²) in [4.78, 5) is 0. The van der Waals surface area contributed by atoms with Crippen molar-refractivity contribution in [1.82, 2.24) is 0 Å². The molecule has 2 unspecified atom stereocenters. The SMILES string of the molecule is Cc1cccc(C(c2cccc(C)c2)[C]2([Ti+3])CCC3CC=CC=C32)c1.[Cl-].[Cl-].[Cl-]. The van der Waals surface area contributed by atoms with Crippen molar-refractivity contribution >= 4 is 0 Å². The van der Waals surface area contributed by atoms with Crippen LogP contribution in [0.5, 0.6) is 0 Å². The second-order valence-corrected chi connectivity index (χ2v) is 9.15. The van der Waals surface area contributed by atoms with Crippen LogP contribution >= 0.6 is 0 Å². The number of aryl methyl sites for hydroxylation is 2. The summed E-state index contributed by atoms with van der Waals surface area (Å²) >= 11 is 2.51. The molecule has 0 bridgehead atoms. The third-order valence-electron chi connectivity index (χ3n) is 5.92. The first-order chi connectivity index (χ1) is 12.1. The van der Waals surface area contributed by atoms with Crippen LogP contribution in [0.25, 0.3) is 0 Å². The van der Waals surface area contributed by atoms with E-state index in [0.29, 0.717) is 5.92 Å². The minimum atomic E-state index is 0. The summed E-state index contributed by atoms with van der Waals surface area (Å²) in [6, 6.07) is 18.3. The van der Waals surface area contributed by atoms with Crippen molar-refractivity contribution in [3.8, 4) is 0 Å². The Morgan fingerprint density at radius 1 is 0.929 bits per heavy atom. The Balaban J connectivity index is 0.00000131. The Kier molecular flexibility index (Phi) is 9.59. The van der Waals surface area contributed by atoms with Crippen molar-refractivity contribution in [2.75, 3.05) is 0 Å². The molecule has 1 fully saturated rings. The molecule has 0 aromatic heterocycles. The van der Waals surface area contributed by atoms with E-state index in [9.17, 15) is 0 Å². The van der Waals surface area contributed by atoms with Crippen molar-refractivity contribution in [2.45, 2.75) is 42.7 Å². The Labute approximate surface area is 199 Å². The van der Waals surface area contributed by atoms with E-state index in [4.69, 9.17) is 0 Å². The van der Waals surface area contributed by atoms with E-state index in [1.807, 2.05) is 0 Å². The van der Waals surface area contributed by atoms with Crippen molar-refractivity contribution < 1.29 is 57.7 Å². The zero-order valence-corrected chi connectivity index (χ0v) is 20.1. The summed E-state index contributed by atoms with van der Waals surface area (Å²) in [7, 11) is 0. The molecule has 2 aromatic rings. The van der Waals surface area contributed by atoms with Crippen molar-refractivity contribution in [1.29, 1.82) is 0 Å². The molecule has 0 nitrogen and oxygen atoms in total. The van der Waals surface area contributed by atoms with Crippen LogP contribution in [0.1, 0.15) is 47.4 Å². The van der Waals surface area contributed by atoms with Gasteiger partial charge in [0, 0.05) is 0 Å². The fraction of sp³-hybridized carbons (Fsp3) is 0.333. The second-order valence-electron chi connectivity index (χ2n) is 7.75. The smallest absolute Gasteiger partial charge is 1.00 e.